The zero-order valence-electron chi connectivity index (χ0n) is 8.08. The summed E-state index contributed by atoms with van der Waals surface area (Å²) in [5.74, 6) is 0.104. The zero-order valence-corrected chi connectivity index (χ0v) is 8.08. The third-order valence-electron chi connectivity index (χ3n) is 2.03. The third-order valence-corrected chi connectivity index (χ3v) is 2.03. The molecule has 1 saturated heterocycles. The summed E-state index contributed by atoms with van der Waals surface area (Å²) in [5.41, 5.74) is 0. The van der Waals surface area contributed by atoms with Crippen molar-refractivity contribution < 1.29 is 14.3 Å². The molecule has 0 saturated carbocycles. The summed E-state index contributed by atoms with van der Waals surface area (Å²) in [4.78, 5) is 23.8. The average Bonchev–Trinajstić information content (AvgIpc) is 2.30. The first-order valence-electron chi connectivity index (χ1n) is 4.57. The molecular weight excluding hydrogens is 170 g/mol. The average molecular weight is 185 g/mol. The molecular formula is C9H15NO3. The van der Waals surface area contributed by atoms with Gasteiger partial charge in [-0.15, -0.1) is 0 Å². The van der Waals surface area contributed by atoms with E-state index in [2.05, 4.69) is 0 Å². The number of carbonyl (C=O) groups excluding carboxylic acids is 2. The lowest BCUT2D eigenvalue weighted by molar-refractivity contribution is -0.147. The number of esters is 1. The second kappa shape index (κ2) is 4.25. The Kier molecular flexibility index (Phi) is 3.28. The largest absolute Gasteiger partial charge is 0.465 e. The molecule has 0 N–H and O–H groups in total. The van der Waals surface area contributed by atoms with Crippen molar-refractivity contribution in [2.45, 2.75) is 20.3 Å². The van der Waals surface area contributed by atoms with Crippen LogP contribution in [-0.2, 0) is 14.3 Å². The number of ether oxygens (including phenoxy) is 1. The molecule has 0 aliphatic carbocycles. The fraction of sp³-hybridized carbons (Fsp3) is 0.778. The Morgan fingerprint density at radius 1 is 1.69 bits per heavy atom. The SMILES string of the molecule is CCOC(=O)CN1CC(C)CC1=O. The van der Waals surface area contributed by atoms with E-state index in [-0.39, 0.29) is 18.4 Å². The van der Waals surface area contributed by atoms with Crippen molar-refractivity contribution in [1.82, 2.24) is 4.90 Å². The van der Waals surface area contributed by atoms with Gasteiger partial charge >= 0.3 is 5.97 Å². The van der Waals surface area contributed by atoms with E-state index in [9.17, 15) is 9.59 Å². The summed E-state index contributed by atoms with van der Waals surface area (Å²) in [6.07, 6.45) is 0.555. The highest BCUT2D eigenvalue weighted by atomic mass is 16.5. The van der Waals surface area contributed by atoms with E-state index in [1.165, 1.54) is 0 Å². The Morgan fingerprint density at radius 3 is 2.85 bits per heavy atom. The maximum absolute atomic E-state index is 11.2. The standard InChI is InChI=1S/C9H15NO3/c1-3-13-9(12)6-10-5-7(2)4-8(10)11/h7H,3-6H2,1-2H3. The Hall–Kier alpha value is -1.06. The number of rotatable bonds is 3. The topological polar surface area (TPSA) is 46.6 Å². The fourth-order valence-corrected chi connectivity index (χ4v) is 1.48. The predicted molar refractivity (Wildman–Crippen MR) is 47.0 cm³/mol. The highest BCUT2D eigenvalue weighted by molar-refractivity contribution is 5.83. The lowest BCUT2D eigenvalue weighted by Gasteiger charge is -2.14. The first-order valence-corrected chi connectivity index (χ1v) is 4.57. The zero-order chi connectivity index (χ0) is 9.84. The summed E-state index contributed by atoms with van der Waals surface area (Å²) >= 11 is 0. The van der Waals surface area contributed by atoms with Gasteiger partial charge in [-0.2, -0.15) is 0 Å². The molecule has 0 bridgehead atoms. The first kappa shape index (κ1) is 10.0. The minimum atomic E-state index is -0.315. The van der Waals surface area contributed by atoms with Crippen molar-refractivity contribution in [3.8, 4) is 0 Å². The van der Waals surface area contributed by atoms with Gasteiger partial charge < -0.3 is 9.64 Å². The van der Waals surface area contributed by atoms with Crippen molar-refractivity contribution >= 4 is 11.9 Å². The predicted octanol–water partition coefficient (Wildman–Crippen LogP) is 0.418. The van der Waals surface area contributed by atoms with Gasteiger partial charge in [0.25, 0.3) is 0 Å². The monoisotopic (exact) mass is 185 g/mol. The van der Waals surface area contributed by atoms with E-state index in [1.54, 1.807) is 11.8 Å². The summed E-state index contributed by atoms with van der Waals surface area (Å²) in [5, 5.41) is 0. The lowest BCUT2D eigenvalue weighted by atomic mass is 10.2. The molecule has 1 unspecified atom stereocenters. The van der Waals surface area contributed by atoms with Gasteiger partial charge in [-0.05, 0) is 12.8 Å². The molecule has 1 fully saturated rings. The van der Waals surface area contributed by atoms with E-state index in [1.807, 2.05) is 6.92 Å². The molecule has 1 amide bonds. The van der Waals surface area contributed by atoms with Crippen LogP contribution in [0, 0.1) is 5.92 Å². The van der Waals surface area contributed by atoms with E-state index in [0.717, 1.165) is 0 Å². The Bertz CT molecular complexity index is 215. The van der Waals surface area contributed by atoms with Crippen LogP contribution < -0.4 is 0 Å². The number of hydrogen-bond acceptors (Lipinski definition) is 3. The van der Waals surface area contributed by atoms with Crippen LogP contribution in [0.4, 0.5) is 0 Å². The van der Waals surface area contributed by atoms with Gasteiger partial charge in [0.2, 0.25) is 5.91 Å². The second-order valence-corrected chi connectivity index (χ2v) is 3.39. The number of amides is 1. The van der Waals surface area contributed by atoms with Crippen molar-refractivity contribution in [2.24, 2.45) is 5.92 Å². The van der Waals surface area contributed by atoms with Crippen LogP contribution in [0.25, 0.3) is 0 Å². The van der Waals surface area contributed by atoms with Crippen molar-refractivity contribution in [3.05, 3.63) is 0 Å². The van der Waals surface area contributed by atoms with Crippen LogP contribution in [-0.4, -0.2) is 36.5 Å². The molecule has 4 nitrogen and oxygen atoms in total. The molecule has 1 atom stereocenters. The minimum Gasteiger partial charge on any atom is -0.465 e. The summed E-state index contributed by atoms with van der Waals surface area (Å²) in [7, 11) is 0. The smallest absolute Gasteiger partial charge is 0.325 e. The van der Waals surface area contributed by atoms with Crippen LogP contribution in [0.15, 0.2) is 0 Å². The summed E-state index contributed by atoms with van der Waals surface area (Å²) < 4.78 is 4.75. The van der Waals surface area contributed by atoms with Gasteiger partial charge in [0, 0.05) is 13.0 Å². The Labute approximate surface area is 77.8 Å². The van der Waals surface area contributed by atoms with Crippen LogP contribution in [0.2, 0.25) is 0 Å². The molecule has 74 valence electrons. The van der Waals surface area contributed by atoms with Gasteiger partial charge in [-0.1, -0.05) is 6.92 Å². The van der Waals surface area contributed by atoms with Gasteiger partial charge in [-0.3, -0.25) is 9.59 Å². The van der Waals surface area contributed by atoms with Crippen LogP contribution in [0.3, 0.4) is 0 Å². The second-order valence-electron chi connectivity index (χ2n) is 3.39. The quantitative estimate of drug-likeness (QED) is 0.598. The molecule has 13 heavy (non-hydrogen) atoms. The molecule has 1 aliphatic rings. The molecule has 1 aliphatic heterocycles. The number of carbonyl (C=O) groups is 2. The van der Waals surface area contributed by atoms with Crippen molar-refractivity contribution in [3.63, 3.8) is 0 Å². The number of nitrogens with zero attached hydrogens (tertiary/aromatic N) is 1. The van der Waals surface area contributed by atoms with Crippen molar-refractivity contribution in [2.75, 3.05) is 19.7 Å². The molecule has 4 heteroatoms. The van der Waals surface area contributed by atoms with Crippen LogP contribution >= 0.6 is 0 Å². The molecule has 1 heterocycles. The van der Waals surface area contributed by atoms with Gasteiger partial charge in [0.1, 0.15) is 6.54 Å². The highest BCUT2D eigenvalue weighted by Gasteiger charge is 2.27. The van der Waals surface area contributed by atoms with Gasteiger partial charge in [0.15, 0.2) is 0 Å². The molecule has 0 aromatic rings. The Balaban J connectivity index is 2.37. The third kappa shape index (κ3) is 2.72. The van der Waals surface area contributed by atoms with E-state index < -0.39 is 0 Å². The highest BCUT2D eigenvalue weighted by Crippen LogP contribution is 2.15. The van der Waals surface area contributed by atoms with Gasteiger partial charge in [-0.25, -0.2) is 0 Å². The van der Waals surface area contributed by atoms with Gasteiger partial charge in [0.05, 0.1) is 6.61 Å². The summed E-state index contributed by atoms with van der Waals surface area (Å²) in [6, 6.07) is 0. The molecule has 0 aromatic carbocycles. The first-order chi connectivity index (χ1) is 6.13. The molecule has 0 radical (unpaired) electrons. The van der Waals surface area contributed by atoms with E-state index in [4.69, 9.17) is 4.74 Å². The molecule has 0 spiro atoms. The maximum atomic E-state index is 11.2. The Morgan fingerprint density at radius 2 is 2.38 bits per heavy atom. The number of likely N-dealkylation sites (tertiary alicyclic amines) is 1. The van der Waals surface area contributed by atoms with E-state index in [0.29, 0.717) is 25.5 Å². The lowest BCUT2D eigenvalue weighted by Crippen LogP contribution is -2.32. The van der Waals surface area contributed by atoms with Crippen LogP contribution in [0.1, 0.15) is 20.3 Å². The maximum Gasteiger partial charge on any atom is 0.325 e. The van der Waals surface area contributed by atoms with Crippen molar-refractivity contribution in [1.29, 1.82) is 0 Å². The van der Waals surface area contributed by atoms with Crippen LogP contribution in [0.5, 0.6) is 0 Å². The minimum absolute atomic E-state index is 0.0561. The number of hydrogen-bond donors (Lipinski definition) is 0. The normalized spacial score (nSPS) is 22.2. The molecule has 1 rings (SSSR count). The van der Waals surface area contributed by atoms with E-state index >= 15 is 0 Å². The summed E-state index contributed by atoms with van der Waals surface area (Å²) in [6.45, 7) is 4.92. The fourth-order valence-electron chi connectivity index (χ4n) is 1.48. The molecule has 0 aromatic heterocycles.